The van der Waals surface area contributed by atoms with E-state index in [9.17, 15) is 19.2 Å². The molecule has 1 aromatic rings. The molecule has 8 heteroatoms. The maximum Gasteiger partial charge on any atom is 0.335 e. The number of H-pyrrole nitrogens is 1. The zero-order valence-electron chi connectivity index (χ0n) is 11.7. The van der Waals surface area contributed by atoms with Gasteiger partial charge < -0.3 is 9.47 Å². The van der Waals surface area contributed by atoms with Gasteiger partial charge in [-0.15, -0.1) is 0 Å². The average molecular weight is 306 g/mol. The van der Waals surface area contributed by atoms with Crippen LogP contribution in [0.4, 0.5) is 0 Å². The molecule has 0 spiro atoms. The molecule has 0 aliphatic carbocycles. The fraction of sp³-hybridized carbons (Fsp3) is 0.429. The number of carbonyl (C=O) groups is 2. The molecule has 4 atom stereocenters. The SMILES string of the molecule is CCOC(=O)C1C(C(=O)n2ccc(=O)[nH]c2=O)[C@H]2C=C[C@@H]1O2. The van der Waals surface area contributed by atoms with Crippen LogP contribution in [0.3, 0.4) is 0 Å². The maximum absolute atomic E-state index is 12.6. The number of fused-ring (bicyclic) bond motifs is 2. The fourth-order valence-corrected chi connectivity index (χ4v) is 2.87. The molecule has 3 rings (SSSR count). The molecule has 0 saturated carbocycles. The molecule has 3 heterocycles. The van der Waals surface area contributed by atoms with Crippen molar-refractivity contribution in [2.24, 2.45) is 11.8 Å². The number of nitrogens with one attached hydrogen (secondary N) is 1. The molecular formula is C14H14N2O6. The number of ether oxygens (including phenoxy) is 2. The monoisotopic (exact) mass is 306 g/mol. The third-order valence-corrected chi connectivity index (χ3v) is 3.80. The van der Waals surface area contributed by atoms with Crippen molar-refractivity contribution in [1.29, 1.82) is 0 Å². The van der Waals surface area contributed by atoms with Gasteiger partial charge in [0.05, 0.1) is 24.7 Å². The topological polar surface area (TPSA) is 107 Å². The van der Waals surface area contributed by atoms with Gasteiger partial charge in [-0.05, 0) is 6.92 Å². The van der Waals surface area contributed by atoms with Crippen molar-refractivity contribution in [2.45, 2.75) is 19.1 Å². The Morgan fingerprint density at radius 3 is 2.59 bits per heavy atom. The highest BCUT2D eigenvalue weighted by Crippen LogP contribution is 2.40. The Kier molecular flexibility index (Phi) is 3.53. The van der Waals surface area contributed by atoms with Crippen molar-refractivity contribution >= 4 is 11.9 Å². The molecule has 1 aromatic heterocycles. The molecule has 8 nitrogen and oxygen atoms in total. The molecule has 2 bridgehead atoms. The summed E-state index contributed by atoms with van der Waals surface area (Å²) in [7, 11) is 0. The smallest absolute Gasteiger partial charge is 0.335 e. The van der Waals surface area contributed by atoms with E-state index < -0.39 is 47.2 Å². The Labute approximate surface area is 124 Å². The van der Waals surface area contributed by atoms with Gasteiger partial charge in [-0.25, -0.2) is 9.36 Å². The van der Waals surface area contributed by atoms with Crippen molar-refractivity contribution in [3.05, 3.63) is 45.3 Å². The molecule has 0 amide bonds. The molecule has 0 radical (unpaired) electrons. The van der Waals surface area contributed by atoms with Crippen LogP contribution in [0.25, 0.3) is 0 Å². The van der Waals surface area contributed by atoms with Gasteiger partial charge in [-0.2, -0.15) is 0 Å². The third kappa shape index (κ3) is 2.21. The van der Waals surface area contributed by atoms with E-state index in [1.54, 1.807) is 19.1 Å². The molecule has 1 fully saturated rings. The second-order valence-corrected chi connectivity index (χ2v) is 5.07. The van der Waals surface area contributed by atoms with E-state index in [0.717, 1.165) is 16.8 Å². The first kappa shape index (κ1) is 14.5. The Morgan fingerprint density at radius 1 is 1.27 bits per heavy atom. The first-order valence-electron chi connectivity index (χ1n) is 6.89. The van der Waals surface area contributed by atoms with Crippen LogP contribution in [0.1, 0.15) is 11.7 Å². The van der Waals surface area contributed by atoms with Crippen molar-refractivity contribution < 1.29 is 19.1 Å². The number of carbonyl (C=O) groups excluding carboxylic acids is 2. The second-order valence-electron chi connectivity index (χ2n) is 5.07. The maximum atomic E-state index is 12.6. The lowest BCUT2D eigenvalue weighted by Gasteiger charge is -2.22. The van der Waals surface area contributed by atoms with Crippen LogP contribution in [0.2, 0.25) is 0 Å². The molecule has 1 saturated heterocycles. The summed E-state index contributed by atoms with van der Waals surface area (Å²) in [6.07, 6.45) is 3.40. The van der Waals surface area contributed by atoms with E-state index >= 15 is 0 Å². The fourth-order valence-electron chi connectivity index (χ4n) is 2.87. The molecule has 1 N–H and O–H groups in total. The van der Waals surface area contributed by atoms with Crippen molar-refractivity contribution in [3.8, 4) is 0 Å². The Hall–Kier alpha value is -2.48. The van der Waals surface area contributed by atoms with Crippen molar-refractivity contribution in [2.75, 3.05) is 6.61 Å². The number of hydrogen-bond acceptors (Lipinski definition) is 6. The van der Waals surface area contributed by atoms with Gasteiger partial charge in [0.2, 0.25) is 5.91 Å². The highest BCUT2D eigenvalue weighted by Gasteiger charge is 2.54. The van der Waals surface area contributed by atoms with Gasteiger partial charge in [0.1, 0.15) is 5.92 Å². The summed E-state index contributed by atoms with van der Waals surface area (Å²) >= 11 is 0. The summed E-state index contributed by atoms with van der Waals surface area (Å²) in [5.41, 5.74) is -1.44. The van der Waals surface area contributed by atoms with Crippen LogP contribution in [-0.2, 0) is 14.3 Å². The lowest BCUT2D eigenvalue weighted by Crippen LogP contribution is -2.43. The zero-order chi connectivity index (χ0) is 15.9. The van der Waals surface area contributed by atoms with Gasteiger partial charge in [-0.1, -0.05) is 12.2 Å². The molecule has 0 aromatic carbocycles. The highest BCUT2D eigenvalue weighted by molar-refractivity contribution is 5.89. The minimum absolute atomic E-state index is 0.190. The summed E-state index contributed by atoms with van der Waals surface area (Å²) < 4.78 is 11.3. The largest absolute Gasteiger partial charge is 0.466 e. The summed E-state index contributed by atoms with van der Waals surface area (Å²) in [5, 5.41) is 0. The molecule has 22 heavy (non-hydrogen) atoms. The van der Waals surface area contributed by atoms with Crippen LogP contribution >= 0.6 is 0 Å². The summed E-state index contributed by atoms with van der Waals surface area (Å²) in [6, 6.07) is 1.07. The number of aromatic amines is 1. The quantitative estimate of drug-likeness (QED) is 0.585. The van der Waals surface area contributed by atoms with Crippen LogP contribution in [0.15, 0.2) is 34.0 Å². The van der Waals surface area contributed by atoms with E-state index in [1.165, 1.54) is 0 Å². The van der Waals surface area contributed by atoms with Gasteiger partial charge in [0.15, 0.2) is 0 Å². The van der Waals surface area contributed by atoms with E-state index in [0.29, 0.717) is 0 Å². The first-order valence-corrected chi connectivity index (χ1v) is 6.89. The predicted octanol–water partition coefficient (Wildman–Crippen LogP) is -0.690. The number of hydrogen-bond donors (Lipinski definition) is 1. The molecule has 2 unspecified atom stereocenters. The van der Waals surface area contributed by atoms with Gasteiger partial charge in [0, 0.05) is 12.3 Å². The minimum Gasteiger partial charge on any atom is -0.466 e. The van der Waals surface area contributed by atoms with E-state index in [-0.39, 0.29) is 6.61 Å². The van der Waals surface area contributed by atoms with Crippen LogP contribution in [0.5, 0.6) is 0 Å². The second kappa shape index (κ2) is 5.38. The molecule has 2 aliphatic rings. The number of rotatable bonds is 3. The average Bonchev–Trinajstić information content (AvgIpc) is 3.07. The molecule has 2 aliphatic heterocycles. The summed E-state index contributed by atoms with van der Waals surface area (Å²) in [5.74, 6) is -2.77. The first-order chi connectivity index (χ1) is 10.5. The number of nitrogens with zero attached hydrogens (tertiary/aromatic N) is 1. The van der Waals surface area contributed by atoms with Crippen LogP contribution in [0, 0.1) is 11.8 Å². The van der Waals surface area contributed by atoms with E-state index in [4.69, 9.17) is 9.47 Å². The normalized spacial score (nSPS) is 28.8. The standard InChI is InChI=1S/C14H14N2O6/c1-2-21-13(19)11-8-4-3-7(22-8)10(11)12(18)16-6-5-9(17)15-14(16)20/h3-8,10-11H,2H2,1H3,(H,15,17,20)/t7-,8+,10?,11?/m1/s1. The lowest BCUT2D eigenvalue weighted by molar-refractivity contribution is -0.149. The summed E-state index contributed by atoms with van der Waals surface area (Å²) in [4.78, 5) is 49.5. The predicted molar refractivity (Wildman–Crippen MR) is 73.4 cm³/mol. The number of aromatic nitrogens is 2. The van der Waals surface area contributed by atoms with Gasteiger partial charge in [-0.3, -0.25) is 19.4 Å². The number of esters is 1. The Balaban J connectivity index is 1.96. The third-order valence-electron chi connectivity index (χ3n) is 3.80. The van der Waals surface area contributed by atoms with Gasteiger partial charge in [0.25, 0.3) is 5.56 Å². The zero-order valence-corrected chi connectivity index (χ0v) is 11.7. The lowest BCUT2D eigenvalue weighted by atomic mass is 9.82. The summed E-state index contributed by atoms with van der Waals surface area (Å²) in [6.45, 7) is 1.86. The van der Waals surface area contributed by atoms with E-state index in [2.05, 4.69) is 0 Å². The van der Waals surface area contributed by atoms with Crippen LogP contribution in [-0.4, -0.2) is 40.2 Å². The van der Waals surface area contributed by atoms with Crippen LogP contribution < -0.4 is 11.2 Å². The Morgan fingerprint density at radius 2 is 1.95 bits per heavy atom. The van der Waals surface area contributed by atoms with Crippen molar-refractivity contribution in [3.63, 3.8) is 0 Å². The van der Waals surface area contributed by atoms with Gasteiger partial charge >= 0.3 is 11.7 Å². The van der Waals surface area contributed by atoms with Crippen molar-refractivity contribution in [1.82, 2.24) is 9.55 Å². The van der Waals surface area contributed by atoms with E-state index in [1.807, 2.05) is 4.98 Å². The highest BCUT2D eigenvalue weighted by atomic mass is 16.5. The minimum atomic E-state index is -0.849. The Bertz CT molecular complexity index is 761. The molecule has 116 valence electrons. The molecular weight excluding hydrogens is 292 g/mol.